The first-order valence-corrected chi connectivity index (χ1v) is 7.82. The van der Waals surface area contributed by atoms with E-state index in [-0.39, 0.29) is 17.7 Å². The van der Waals surface area contributed by atoms with Crippen LogP contribution in [0.3, 0.4) is 0 Å². The van der Waals surface area contributed by atoms with Crippen molar-refractivity contribution in [1.29, 1.82) is 0 Å². The summed E-state index contributed by atoms with van der Waals surface area (Å²) in [5, 5.41) is 11.7. The topological polar surface area (TPSA) is 78.9 Å². The Hall–Kier alpha value is -1.08. The molecule has 1 amide bonds. The number of amidine groups is 1. The Morgan fingerprint density at radius 3 is 2.30 bits per heavy atom. The minimum absolute atomic E-state index is 0.00459. The second kappa shape index (κ2) is 6.58. The van der Waals surface area contributed by atoms with Gasteiger partial charge in [-0.05, 0) is 31.0 Å². The summed E-state index contributed by atoms with van der Waals surface area (Å²) in [6.45, 7) is 1.23. The lowest BCUT2D eigenvalue weighted by Gasteiger charge is -2.31. The van der Waals surface area contributed by atoms with Crippen LogP contribution in [0.25, 0.3) is 0 Å². The van der Waals surface area contributed by atoms with E-state index >= 15 is 0 Å². The molecule has 0 aliphatic carbocycles. The van der Waals surface area contributed by atoms with Gasteiger partial charge in [0.2, 0.25) is 0 Å². The molecule has 0 radical (unpaired) electrons. The average Bonchev–Trinajstić information content (AvgIpc) is 2.45. The minimum Gasteiger partial charge on any atom is -0.409 e. The van der Waals surface area contributed by atoms with Crippen LogP contribution in [-0.2, 0) is 0 Å². The Morgan fingerprint density at radius 2 is 1.80 bits per heavy atom. The van der Waals surface area contributed by atoms with Crippen LogP contribution >= 0.6 is 31.9 Å². The second-order valence-corrected chi connectivity index (χ2v) is 6.58. The number of rotatable bonds is 2. The zero-order chi connectivity index (χ0) is 14.7. The fourth-order valence-electron chi connectivity index (χ4n) is 2.32. The summed E-state index contributed by atoms with van der Waals surface area (Å²) in [7, 11) is 0. The van der Waals surface area contributed by atoms with Gasteiger partial charge < -0.3 is 15.8 Å². The van der Waals surface area contributed by atoms with Crippen LogP contribution in [-0.4, -0.2) is 34.9 Å². The van der Waals surface area contributed by atoms with Gasteiger partial charge in [-0.3, -0.25) is 4.79 Å². The molecule has 0 atom stereocenters. The lowest BCUT2D eigenvalue weighted by molar-refractivity contribution is 0.0709. The fourth-order valence-corrected chi connectivity index (χ4v) is 3.61. The van der Waals surface area contributed by atoms with Crippen molar-refractivity contribution >= 4 is 43.6 Å². The number of carbonyl (C=O) groups excluding carboxylic acids is 1. The number of nitrogens with zero attached hydrogens (tertiary/aromatic N) is 2. The van der Waals surface area contributed by atoms with Crippen molar-refractivity contribution < 1.29 is 10.0 Å². The largest absolute Gasteiger partial charge is 0.409 e. The number of halogens is 2. The number of hydrogen-bond donors (Lipinski definition) is 2. The molecule has 0 aromatic heterocycles. The van der Waals surface area contributed by atoms with Gasteiger partial charge in [0.05, 0.1) is 0 Å². The number of benzene rings is 1. The molecule has 3 N–H and O–H groups in total. The van der Waals surface area contributed by atoms with Gasteiger partial charge in [-0.1, -0.05) is 37.0 Å². The molecule has 20 heavy (non-hydrogen) atoms. The highest BCUT2D eigenvalue weighted by molar-refractivity contribution is 9.11. The summed E-state index contributed by atoms with van der Waals surface area (Å²) in [6, 6.07) is 5.51. The highest BCUT2D eigenvalue weighted by Gasteiger charge is 2.26. The van der Waals surface area contributed by atoms with E-state index in [2.05, 4.69) is 37.0 Å². The van der Waals surface area contributed by atoms with Crippen molar-refractivity contribution in [1.82, 2.24) is 4.90 Å². The molecule has 1 aromatic rings. The van der Waals surface area contributed by atoms with Gasteiger partial charge >= 0.3 is 0 Å². The van der Waals surface area contributed by atoms with E-state index in [0.717, 1.165) is 21.8 Å². The summed E-state index contributed by atoms with van der Waals surface area (Å²) in [5.74, 6) is 0.311. The number of amides is 1. The van der Waals surface area contributed by atoms with E-state index in [1.807, 2.05) is 18.2 Å². The zero-order valence-electron chi connectivity index (χ0n) is 10.7. The summed E-state index contributed by atoms with van der Waals surface area (Å²) < 4.78 is 1.73. The lowest BCUT2D eigenvalue weighted by Crippen LogP contribution is -2.41. The van der Waals surface area contributed by atoms with Crippen molar-refractivity contribution in [2.24, 2.45) is 16.8 Å². The van der Waals surface area contributed by atoms with Crippen LogP contribution in [0, 0.1) is 5.92 Å². The van der Waals surface area contributed by atoms with Crippen LogP contribution < -0.4 is 5.73 Å². The smallest absolute Gasteiger partial charge is 0.253 e. The molecule has 5 nitrogen and oxygen atoms in total. The summed E-state index contributed by atoms with van der Waals surface area (Å²) in [6.07, 6.45) is 1.44. The molecule has 1 aliphatic rings. The number of nitrogens with two attached hydrogens (primary N) is 1. The Balaban J connectivity index is 2.05. The number of hydrogen-bond acceptors (Lipinski definition) is 3. The third-order valence-electron chi connectivity index (χ3n) is 3.43. The standard InChI is InChI=1S/C13H15Br2N3O2/c14-10-5-9(6-11(15)7-10)13(19)18-3-1-8(2-4-18)12(16)17-20/h5-8,20H,1-4H2,(H2,16,17). The van der Waals surface area contributed by atoms with Gasteiger partial charge in [0.15, 0.2) is 0 Å². The van der Waals surface area contributed by atoms with Gasteiger partial charge in [-0.25, -0.2) is 0 Å². The van der Waals surface area contributed by atoms with Gasteiger partial charge in [0.25, 0.3) is 5.91 Å². The molecule has 1 aliphatic heterocycles. The van der Waals surface area contributed by atoms with Crippen LogP contribution in [0.5, 0.6) is 0 Å². The maximum absolute atomic E-state index is 12.4. The summed E-state index contributed by atoms with van der Waals surface area (Å²) in [5.41, 5.74) is 6.25. The van der Waals surface area contributed by atoms with Crippen LogP contribution in [0.4, 0.5) is 0 Å². The highest BCUT2D eigenvalue weighted by atomic mass is 79.9. The molecule has 1 aromatic carbocycles. The van der Waals surface area contributed by atoms with E-state index in [0.29, 0.717) is 18.7 Å². The molecule has 0 bridgehead atoms. The van der Waals surface area contributed by atoms with E-state index in [4.69, 9.17) is 10.9 Å². The SMILES string of the molecule is N/C(=N/O)C1CCN(C(=O)c2cc(Br)cc(Br)c2)CC1. The lowest BCUT2D eigenvalue weighted by atomic mass is 9.95. The summed E-state index contributed by atoms with van der Waals surface area (Å²) >= 11 is 6.76. The first kappa shape index (κ1) is 15.3. The van der Waals surface area contributed by atoms with E-state index in [9.17, 15) is 4.79 Å². The Bertz CT molecular complexity index is 520. The van der Waals surface area contributed by atoms with Crippen LogP contribution in [0.15, 0.2) is 32.3 Å². The average molecular weight is 405 g/mol. The van der Waals surface area contributed by atoms with E-state index < -0.39 is 0 Å². The van der Waals surface area contributed by atoms with Gasteiger partial charge in [-0.15, -0.1) is 0 Å². The quantitative estimate of drug-likeness (QED) is 0.344. The molecular weight excluding hydrogens is 390 g/mol. The van der Waals surface area contributed by atoms with Crippen molar-refractivity contribution in [2.45, 2.75) is 12.8 Å². The van der Waals surface area contributed by atoms with Crippen molar-refractivity contribution in [3.05, 3.63) is 32.7 Å². The van der Waals surface area contributed by atoms with E-state index in [1.54, 1.807) is 4.90 Å². The van der Waals surface area contributed by atoms with Gasteiger partial charge in [0.1, 0.15) is 5.84 Å². The van der Waals surface area contributed by atoms with Gasteiger partial charge in [0, 0.05) is 33.5 Å². The van der Waals surface area contributed by atoms with Crippen LogP contribution in [0.2, 0.25) is 0 Å². The molecule has 0 saturated carbocycles. The number of piperidine rings is 1. The van der Waals surface area contributed by atoms with Crippen molar-refractivity contribution in [3.63, 3.8) is 0 Å². The third kappa shape index (κ3) is 3.52. The highest BCUT2D eigenvalue weighted by Crippen LogP contribution is 2.23. The molecule has 1 saturated heterocycles. The predicted octanol–water partition coefficient (Wildman–Crippen LogP) is 2.81. The Morgan fingerprint density at radius 1 is 1.25 bits per heavy atom. The van der Waals surface area contributed by atoms with Crippen molar-refractivity contribution in [2.75, 3.05) is 13.1 Å². The molecule has 1 fully saturated rings. The Labute approximate surface area is 134 Å². The summed E-state index contributed by atoms with van der Waals surface area (Å²) in [4.78, 5) is 14.2. The molecule has 108 valence electrons. The normalized spacial score (nSPS) is 17.3. The first-order chi connectivity index (χ1) is 9.51. The maximum atomic E-state index is 12.4. The predicted molar refractivity (Wildman–Crippen MR) is 83.9 cm³/mol. The second-order valence-electron chi connectivity index (χ2n) is 4.75. The third-order valence-corrected chi connectivity index (χ3v) is 4.34. The van der Waals surface area contributed by atoms with Crippen LogP contribution in [0.1, 0.15) is 23.2 Å². The monoisotopic (exact) mass is 403 g/mol. The molecule has 0 spiro atoms. The van der Waals surface area contributed by atoms with Gasteiger partial charge in [-0.2, -0.15) is 0 Å². The fraction of sp³-hybridized carbons (Fsp3) is 0.385. The minimum atomic E-state index is 0.00459. The molecule has 7 heteroatoms. The van der Waals surface area contributed by atoms with E-state index in [1.165, 1.54) is 0 Å². The number of likely N-dealkylation sites (tertiary alicyclic amines) is 1. The number of oxime groups is 1. The molecule has 2 rings (SSSR count). The molecule has 1 heterocycles. The maximum Gasteiger partial charge on any atom is 0.253 e. The van der Waals surface area contributed by atoms with Crippen molar-refractivity contribution in [3.8, 4) is 0 Å². The first-order valence-electron chi connectivity index (χ1n) is 6.24. The number of carbonyl (C=O) groups is 1. The molecular formula is C13H15Br2N3O2. The Kier molecular flexibility index (Phi) is 5.04. The molecule has 0 unspecified atom stereocenters. The zero-order valence-corrected chi connectivity index (χ0v) is 13.9.